The number of ketones is 1. The van der Waals surface area contributed by atoms with E-state index in [1.807, 2.05) is 6.07 Å². The number of aryl methyl sites for hydroxylation is 2. The summed E-state index contributed by atoms with van der Waals surface area (Å²) < 4.78 is 42.3. The molecule has 35 heavy (non-hydrogen) atoms. The van der Waals surface area contributed by atoms with Crippen molar-refractivity contribution in [2.75, 3.05) is 4.90 Å². The second kappa shape index (κ2) is 8.83. The Bertz CT molecular complexity index is 1350. The predicted octanol–water partition coefficient (Wildman–Crippen LogP) is 5.53. The van der Waals surface area contributed by atoms with Crippen molar-refractivity contribution in [3.05, 3.63) is 94.6 Å². The lowest BCUT2D eigenvalue weighted by molar-refractivity contribution is -0.274. The fourth-order valence-electron chi connectivity index (χ4n) is 4.04. The van der Waals surface area contributed by atoms with Crippen LogP contribution in [0.5, 0.6) is 11.5 Å². The molecule has 1 unspecified atom stereocenters. The van der Waals surface area contributed by atoms with E-state index in [-0.39, 0.29) is 17.0 Å². The fraction of sp³-hybridized carbons (Fsp3) is 0.154. The van der Waals surface area contributed by atoms with Gasteiger partial charge in [0.15, 0.2) is 0 Å². The molecule has 0 aromatic heterocycles. The number of aliphatic hydroxyl groups excluding tert-OH is 1. The molecule has 3 aromatic carbocycles. The maximum Gasteiger partial charge on any atom is 0.573 e. The zero-order valence-electron chi connectivity index (χ0n) is 18.6. The lowest BCUT2D eigenvalue weighted by Crippen LogP contribution is -2.29. The Labute approximate surface area is 198 Å². The molecule has 1 fully saturated rings. The molecule has 1 amide bonds. The predicted molar refractivity (Wildman–Crippen MR) is 122 cm³/mol. The molecule has 0 saturated carbocycles. The van der Waals surface area contributed by atoms with E-state index in [4.69, 9.17) is 0 Å². The van der Waals surface area contributed by atoms with Gasteiger partial charge in [-0.1, -0.05) is 35.9 Å². The highest BCUT2D eigenvalue weighted by Gasteiger charge is 2.47. The van der Waals surface area contributed by atoms with Crippen molar-refractivity contribution in [1.82, 2.24) is 0 Å². The summed E-state index contributed by atoms with van der Waals surface area (Å²) in [5.41, 5.74) is 1.91. The number of phenolic OH excluding ortho intramolecular Hbond substituents is 1. The largest absolute Gasteiger partial charge is 0.573 e. The maximum atomic E-state index is 13.2. The van der Waals surface area contributed by atoms with Crippen LogP contribution in [0.3, 0.4) is 0 Å². The van der Waals surface area contributed by atoms with E-state index in [0.29, 0.717) is 16.7 Å². The number of nitrogens with zero attached hydrogens (tertiary/aromatic N) is 1. The third-order valence-corrected chi connectivity index (χ3v) is 5.63. The van der Waals surface area contributed by atoms with Gasteiger partial charge in [-0.25, -0.2) is 0 Å². The van der Waals surface area contributed by atoms with Gasteiger partial charge in [-0.05, 0) is 55.3 Å². The minimum absolute atomic E-state index is 0.0352. The van der Waals surface area contributed by atoms with Crippen molar-refractivity contribution in [1.29, 1.82) is 0 Å². The molecule has 180 valence electrons. The van der Waals surface area contributed by atoms with E-state index in [1.165, 1.54) is 36.4 Å². The number of alkyl halides is 3. The summed E-state index contributed by atoms with van der Waals surface area (Å²) in [7, 11) is 0. The molecule has 1 aliphatic rings. The number of ether oxygens (including phenoxy) is 1. The number of rotatable bonds is 4. The standard InChI is InChI=1S/C26H20F3NO5/c1-14-6-7-15(2)20(12-14)23(32)21-22(16-8-10-18(31)11-9-16)30(25(34)24(21)33)17-4-3-5-19(13-17)35-26(27,28)29/h3-13,22,31-32H,1-2H3/b23-21+. The number of hydrogen-bond donors (Lipinski definition) is 2. The number of carbonyl (C=O) groups is 2. The van der Waals surface area contributed by atoms with Crippen LogP contribution in [0.15, 0.2) is 72.3 Å². The van der Waals surface area contributed by atoms with E-state index in [2.05, 4.69) is 4.74 Å². The van der Waals surface area contributed by atoms with Crippen molar-refractivity contribution in [3.8, 4) is 11.5 Å². The number of carbonyl (C=O) groups excluding carboxylic acids is 2. The Morgan fingerprint density at radius 1 is 0.971 bits per heavy atom. The van der Waals surface area contributed by atoms with Gasteiger partial charge in [0, 0.05) is 17.3 Å². The summed E-state index contributed by atoms with van der Waals surface area (Å²) in [4.78, 5) is 27.4. The fourth-order valence-corrected chi connectivity index (χ4v) is 4.04. The number of aliphatic hydroxyl groups is 1. The molecule has 0 bridgehead atoms. The number of phenols is 1. The van der Waals surface area contributed by atoms with Gasteiger partial charge in [0.1, 0.15) is 17.3 Å². The second-order valence-corrected chi connectivity index (χ2v) is 8.12. The van der Waals surface area contributed by atoms with Gasteiger partial charge in [-0.15, -0.1) is 13.2 Å². The minimum Gasteiger partial charge on any atom is -0.508 e. The van der Waals surface area contributed by atoms with Crippen LogP contribution in [0.4, 0.5) is 18.9 Å². The van der Waals surface area contributed by atoms with Gasteiger partial charge in [0.05, 0.1) is 11.6 Å². The molecule has 9 heteroatoms. The molecular formula is C26H20F3NO5. The third-order valence-electron chi connectivity index (χ3n) is 5.63. The van der Waals surface area contributed by atoms with E-state index >= 15 is 0 Å². The number of aromatic hydroxyl groups is 1. The minimum atomic E-state index is -4.95. The van der Waals surface area contributed by atoms with Gasteiger partial charge in [0.2, 0.25) is 0 Å². The summed E-state index contributed by atoms with van der Waals surface area (Å²) in [5.74, 6) is -3.08. The van der Waals surface area contributed by atoms with Crippen molar-refractivity contribution in [3.63, 3.8) is 0 Å². The van der Waals surface area contributed by atoms with Crippen LogP contribution in [0, 0.1) is 13.8 Å². The first-order valence-electron chi connectivity index (χ1n) is 10.5. The Morgan fingerprint density at radius 2 is 1.66 bits per heavy atom. The number of anilines is 1. The van der Waals surface area contributed by atoms with Gasteiger partial charge in [-0.2, -0.15) is 0 Å². The lowest BCUT2D eigenvalue weighted by Gasteiger charge is -2.26. The SMILES string of the molecule is Cc1ccc(C)c(/C(O)=C2\C(=O)C(=O)N(c3cccc(OC(F)(F)F)c3)C2c2ccc(O)cc2)c1. The molecule has 1 heterocycles. The Morgan fingerprint density at radius 3 is 2.31 bits per heavy atom. The molecule has 4 rings (SSSR count). The summed E-state index contributed by atoms with van der Waals surface area (Å²) >= 11 is 0. The van der Waals surface area contributed by atoms with E-state index < -0.39 is 35.6 Å². The van der Waals surface area contributed by atoms with E-state index in [1.54, 1.807) is 26.0 Å². The normalized spacial score (nSPS) is 17.6. The molecular weight excluding hydrogens is 463 g/mol. The molecule has 3 aromatic rings. The quantitative estimate of drug-likeness (QED) is 0.289. The van der Waals surface area contributed by atoms with Crippen LogP contribution in [0.25, 0.3) is 5.76 Å². The third kappa shape index (κ3) is 4.70. The van der Waals surface area contributed by atoms with Crippen LogP contribution >= 0.6 is 0 Å². The van der Waals surface area contributed by atoms with Crippen LogP contribution < -0.4 is 9.64 Å². The number of halogens is 3. The molecule has 0 aliphatic carbocycles. The molecule has 1 saturated heterocycles. The van der Waals surface area contributed by atoms with Gasteiger partial charge in [0.25, 0.3) is 11.7 Å². The van der Waals surface area contributed by atoms with Crippen molar-refractivity contribution < 1.29 is 37.7 Å². The topological polar surface area (TPSA) is 87.1 Å². The molecule has 1 aliphatic heterocycles. The highest BCUT2D eigenvalue weighted by molar-refractivity contribution is 6.51. The summed E-state index contributed by atoms with van der Waals surface area (Å²) in [5, 5.41) is 20.9. The van der Waals surface area contributed by atoms with Crippen LogP contribution in [0.1, 0.15) is 28.3 Å². The first-order chi connectivity index (χ1) is 16.5. The number of amides is 1. The highest BCUT2D eigenvalue weighted by atomic mass is 19.4. The molecule has 0 spiro atoms. The van der Waals surface area contributed by atoms with Crippen molar-refractivity contribution >= 4 is 23.1 Å². The number of hydrogen-bond acceptors (Lipinski definition) is 5. The molecule has 0 radical (unpaired) electrons. The Kier molecular flexibility index (Phi) is 6.02. The van der Waals surface area contributed by atoms with Gasteiger partial charge >= 0.3 is 6.36 Å². The summed E-state index contributed by atoms with van der Waals surface area (Å²) in [6.45, 7) is 3.54. The molecule has 2 N–H and O–H groups in total. The van der Waals surface area contributed by atoms with Gasteiger partial charge < -0.3 is 14.9 Å². The van der Waals surface area contributed by atoms with Crippen LogP contribution in [0.2, 0.25) is 0 Å². The Hall–Kier alpha value is -4.27. The second-order valence-electron chi connectivity index (χ2n) is 8.12. The summed E-state index contributed by atoms with van der Waals surface area (Å²) in [6.07, 6.45) is -4.95. The molecule has 1 atom stereocenters. The lowest BCUT2D eigenvalue weighted by atomic mass is 9.93. The average molecular weight is 483 g/mol. The monoisotopic (exact) mass is 483 g/mol. The average Bonchev–Trinajstić information content (AvgIpc) is 3.05. The van der Waals surface area contributed by atoms with E-state index in [9.17, 15) is 33.0 Å². The molecule has 6 nitrogen and oxygen atoms in total. The van der Waals surface area contributed by atoms with Gasteiger partial charge in [-0.3, -0.25) is 14.5 Å². The smallest absolute Gasteiger partial charge is 0.508 e. The number of Topliss-reactive ketones (excluding diaryl/α,β-unsaturated/α-hetero) is 1. The maximum absolute atomic E-state index is 13.2. The number of benzene rings is 3. The summed E-state index contributed by atoms with van der Waals surface area (Å²) in [6, 6.07) is 14.4. The van der Waals surface area contributed by atoms with Crippen molar-refractivity contribution in [2.24, 2.45) is 0 Å². The zero-order chi connectivity index (χ0) is 25.5. The first-order valence-corrected chi connectivity index (χ1v) is 10.5. The Balaban J connectivity index is 1.93. The van der Waals surface area contributed by atoms with E-state index in [0.717, 1.165) is 22.6 Å². The van der Waals surface area contributed by atoms with Crippen LogP contribution in [-0.4, -0.2) is 28.3 Å². The van der Waals surface area contributed by atoms with Crippen LogP contribution in [-0.2, 0) is 9.59 Å². The first kappa shape index (κ1) is 23.9. The highest BCUT2D eigenvalue weighted by Crippen LogP contribution is 2.43. The zero-order valence-corrected chi connectivity index (χ0v) is 18.6. The van der Waals surface area contributed by atoms with Crippen molar-refractivity contribution in [2.45, 2.75) is 26.3 Å².